The average Bonchev–Trinajstić information content (AvgIpc) is 3.12. The minimum atomic E-state index is 0.648. The molecule has 3 heteroatoms. The lowest BCUT2D eigenvalue weighted by atomic mass is 9.98. The van der Waals surface area contributed by atoms with Crippen LogP contribution in [0.3, 0.4) is 0 Å². The zero-order valence-electron chi connectivity index (χ0n) is 23.9. The topological polar surface area (TPSA) is 38.7 Å². The third-order valence-electron chi connectivity index (χ3n) is 8.16. The first-order chi connectivity index (χ1) is 21.8. The van der Waals surface area contributed by atoms with E-state index in [2.05, 4.69) is 152 Å². The molecule has 0 N–H and O–H groups in total. The van der Waals surface area contributed by atoms with Crippen LogP contribution in [-0.2, 0) is 0 Å². The van der Waals surface area contributed by atoms with Crippen LogP contribution in [0.15, 0.2) is 164 Å². The molecule has 8 rings (SSSR count). The molecular formula is C41H27N3. The molecule has 0 aliphatic rings. The molecule has 8 aromatic rings. The molecule has 0 spiro atoms. The van der Waals surface area contributed by atoms with E-state index in [0.717, 1.165) is 33.2 Å². The first-order valence-corrected chi connectivity index (χ1v) is 14.8. The summed E-state index contributed by atoms with van der Waals surface area (Å²) in [5.41, 5.74) is 7.54. The van der Waals surface area contributed by atoms with Gasteiger partial charge in [0.15, 0.2) is 17.5 Å². The van der Waals surface area contributed by atoms with Crippen molar-refractivity contribution in [3.63, 3.8) is 0 Å². The summed E-state index contributed by atoms with van der Waals surface area (Å²) in [6.45, 7) is 0. The Morgan fingerprint density at radius 3 is 1.30 bits per heavy atom. The van der Waals surface area contributed by atoms with Crippen molar-refractivity contribution in [2.45, 2.75) is 0 Å². The maximum absolute atomic E-state index is 5.07. The molecule has 7 aromatic carbocycles. The first kappa shape index (κ1) is 25.8. The van der Waals surface area contributed by atoms with E-state index < -0.39 is 0 Å². The summed E-state index contributed by atoms with van der Waals surface area (Å²) in [6, 6.07) is 56.9. The minimum Gasteiger partial charge on any atom is -0.208 e. The second-order valence-corrected chi connectivity index (χ2v) is 10.9. The van der Waals surface area contributed by atoms with Gasteiger partial charge in [-0.2, -0.15) is 0 Å². The Hall–Kier alpha value is -5.93. The summed E-state index contributed by atoms with van der Waals surface area (Å²) in [5.74, 6) is 1.95. The van der Waals surface area contributed by atoms with E-state index in [-0.39, 0.29) is 0 Å². The normalized spacial score (nSPS) is 11.2. The Morgan fingerprint density at radius 2 is 0.705 bits per heavy atom. The third kappa shape index (κ3) is 4.81. The Balaban J connectivity index is 1.28. The predicted molar refractivity (Wildman–Crippen MR) is 182 cm³/mol. The fourth-order valence-corrected chi connectivity index (χ4v) is 5.87. The molecule has 3 nitrogen and oxygen atoms in total. The molecule has 44 heavy (non-hydrogen) atoms. The smallest absolute Gasteiger partial charge is 0.164 e. The van der Waals surface area contributed by atoms with Gasteiger partial charge in [-0.15, -0.1) is 0 Å². The summed E-state index contributed by atoms with van der Waals surface area (Å²) in [7, 11) is 0. The molecule has 0 saturated carbocycles. The number of nitrogens with zero attached hydrogens (tertiary/aromatic N) is 3. The minimum absolute atomic E-state index is 0.648. The van der Waals surface area contributed by atoms with Crippen LogP contribution in [0.2, 0.25) is 0 Å². The Kier molecular flexibility index (Phi) is 6.47. The number of rotatable bonds is 5. The largest absolute Gasteiger partial charge is 0.208 e. The lowest BCUT2D eigenvalue weighted by Crippen LogP contribution is -2.00. The zero-order chi connectivity index (χ0) is 29.3. The van der Waals surface area contributed by atoms with Gasteiger partial charge in [0.25, 0.3) is 0 Å². The van der Waals surface area contributed by atoms with E-state index in [1.807, 2.05) is 12.1 Å². The van der Waals surface area contributed by atoms with Crippen LogP contribution in [0.1, 0.15) is 0 Å². The van der Waals surface area contributed by atoms with Gasteiger partial charge in [0.05, 0.1) is 0 Å². The van der Waals surface area contributed by atoms with Crippen LogP contribution in [0, 0.1) is 0 Å². The van der Waals surface area contributed by atoms with Gasteiger partial charge in [-0.3, -0.25) is 0 Å². The summed E-state index contributed by atoms with van der Waals surface area (Å²) >= 11 is 0. The standard InChI is InChI=1S/C41H27N3/c1-3-10-28(11-4-1)30-18-22-33(23-19-30)39-42-40(34-24-20-31(21-25-34)29-12-5-2-6-13-29)44-41(43-39)38-17-9-16-36-35-15-8-7-14-32(35)26-27-37(36)38/h1-27H. The van der Waals surface area contributed by atoms with Crippen molar-refractivity contribution in [2.24, 2.45) is 0 Å². The summed E-state index contributed by atoms with van der Waals surface area (Å²) in [4.78, 5) is 15.2. The van der Waals surface area contributed by atoms with Gasteiger partial charge in [0, 0.05) is 16.7 Å². The monoisotopic (exact) mass is 561 g/mol. The second-order valence-electron chi connectivity index (χ2n) is 10.9. The zero-order valence-corrected chi connectivity index (χ0v) is 23.9. The van der Waals surface area contributed by atoms with Crippen LogP contribution in [0.5, 0.6) is 0 Å². The highest BCUT2D eigenvalue weighted by Gasteiger charge is 2.15. The molecule has 1 aromatic heterocycles. The van der Waals surface area contributed by atoms with E-state index >= 15 is 0 Å². The Labute approximate surface area is 256 Å². The maximum atomic E-state index is 5.07. The SMILES string of the molecule is c1ccc(-c2ccc(-c3nc(-c4ccc(-c5ccccc5)cc4)nc(-c4cccc5c4ccc4ccccc45)n3)cc2)cc1. The first-order valence-electron chi connectivity index (χ1n) is 14.8. The highest BCUT2D eigenvalue weighted by atomic mass is 15.0. The van der Waals surface area contributed by atoms with Crippen LogP contribution >= 0.6 is 0 Å². The fourth-order valence-electron chi connectivity index (χ4n) is 5.87. The molecule has 206 valence electrons. The van der Waals surface area contributed by atoms with E-state index in [1.165, 1.54) is 27.3 Å². The van der Waals surface area contributed by atoms with E-state index in [9.17, 15) is 0 Å². The van der Waals surface area contributed by atoms with Crippen molar-refractivity contribution < 1.29 is 0 Å². The molecule has 0 saturated heterocycles. The number of aromatic nitrogens is 3. The number of hydrogen-bond donors (Lipinski definition) is 0. The molecule has 0 aliphatic heterocycles. The molecule has 0 fully saturated rings. The van der Waals surface area contributed by atoms with Crippen LogP contribution in [0.4, 0.5) is 0 Å². The second kappa shape index (κ2) is 11.0. The summed E-state index contributed by atoms with van der Waals surface area (Å²) in [6.07, 6.45) is 0. The van der Waals surface area contributed by atoms with Gasteiger partial charge in [-0.1, -0.05) is 164 Å². The third-order valence-corrected chi connectivity index (χ3v) is 8.16. The van der Waals surface area contributed by atoms with Crippen molar-refractivity contribution >= 4 is 21.5 Å². The van der Waals surface area contributed by atoms with E-state index in [4.69, 9.17) is 15.0 Å². The van der Waals surface area contributed by atoms with Crippen LogP contribution in [-0.4, -0.2) is 15.0 Å². The van der Waals surface area contributed by atoms with Crippen molar-refractivity contribution in [2.75, 3.05) is 0 Å². The van der Waals surface area contributed by atoms with Gasteiger partial charge in [-0.25, -0.2) is 15.0 Å². The van der Waals surface area contributed by atoms with E-state index in [1.54, 1.807) is 0 Å². The van der Waals surface area contributed by atoms with Crippen molar-refractivity contribution in [3.8, 4) is 56.4 Å². The van der Waals surface area contributed by atoms with Gasteiger partial charge >= 0.3 is 0 Å². The quantitative estimate of drug-likeness (QED) is 0.196. The highest BCUT2D eigenvalue weighted by Crippen LogP contribution is 2.34. The van der Waals surface area contributed by atoms with Gasteiger partial charge in [-0.05, 0) is 43.8 Å². The van der Waals surface area contributed by atoms with Crippen LogP contribution < -0.4 is 0 Å². The van der Waals surface area contributed by atoms with Crippen molar-refractivity contribution in [3.05, 3.63) is 164 Å². The molecule has 1 heterocycles. The summed E-state index contributed by atoms with van der Waals surface area (Å²) in [5, 5.41) is 4.73. The average molecular weight is 562 g/mol. The molecule has 0 unspecified atom stereocenters. The van der Waals surface area contributed by atoms with E-state index in [0.29, 0.717) is 17.5 Å². The lowest BCUT2D eigenvalue weighted by Gasteiger charge is -2.12. The van der Waals surface area contributed by atoms with Gasteiger partial charge in [0.2, 0.25) is 0 Å². The van der Waals surface area contributed by atoms with Crippen molar-refractivity contribution in [1.82, 2.24) is 15.0 Å². The van der Waals surface area contributed by atoms with Crippen molar-refractivity contribution in [1.29, 1.82) is 0 Å². The Morgan fingerprint density at radius 1 is 0.250 bits per heavy atom. The van der Waals surface area contributed by atoms with Gasteiger partial charge < -0.3 is 0 Å². The maximum Gasteiger partial charge on any atom is 0.164 e. The summed E-state index contributed by atoms with van der Waals surface area (Å²) < 4.78 is 0. The molecule has 0 aliphatic carbocycles. The molecule has 0 amide bonds. The number of fused-ring (bicyclic) bond motifs is 3. The molecule has 0 radical (unpaired) electrons. The van der Waals surface area contributed by atoms with Crippen LogP contribution in [0.25, 0.3) is 78.0 Å². The molecule has 0 bridgehead atoms. The molecule has 0 atom stereocenters. The van der Waals surface area contributed by atoms with Gasteiger partial charge in [0.1, 0.15) is 0 Å². The predicted octanol–water partition coefficient (Wildman–Crippen LogP) is 10.5. The number of benzene rings is 7. The fraction of sp³-hybridized carbons (Fsp3) is 0. The number of hydrogen-bond acceptors (Lipinski definition) is 3. The highest BCUT2D eigenvalue weighted by molar-refractivity contribution is 6.11. The molecular weight excluding hydrogens is 534 g/mol. The lowest BCUT2D eigenvalue weighted by molar-refractivity contribution is 1.08. The Bertz CT molecular complexity index is 2140.